The van der Waals surface area contributed by atoms with E-state index in [1.54, 1.807) is 42.5 Å². The van der Waals surface area contributed by atoms with Crippen molar-refractivity contribution in [3.63, 3.8) is 0 Å². The molecule has 30 heavy (non-hydrogen) atoms. The average Bonchev–Trinajstić information content (AvgIpc) is 2.69. The highest BCUT2D eigenvalue weighted by Crippen LogP contribution is 2.30. The van der Waals surface area contributed by atoms with Gasteiger partial charge >= 0.3 is 5.97 Å². The number of hydrogen-bond donors (Lipinski definition) is 5. The van der Waals surface area contributed by atoms with Crippen LogP contribution in [0.5, 0.6) is 5.75 Å². The first-order chi connectivity index (χ1) is 14.2. The van der Waals surface area contributed by atoms with Crippen LogP contribution in [-0.4, -0.2) is 23.7 Å². The van der Waals surface area contributed by atoms with Gasteiger partial charge in [-0.25, -0.2) is 9.79 Å². The number of nitrogens with zero attached hydrogens (tertiary/aromatic N) is 1. The maximum Gasteiger partial charge on any atom is 0.343 e. The minimum atomic E-state index is -0.614. The van der Waals surface area contributed by atoms with E-state index in [2.05, 4.69) is 4.99 Å². The number of ether oxygens (including phenoxy) is 1. The number of nitrogen functional groups attached to an aromatic ring is 1. The van der Waals surface area contributed by atoms with E-state index < -0.39 is 11.9 Å². The van der Waals surface area contributed by atoms with Gasteiger partial charge in [-0.05, 0) is 47.2 Å². The second-order valence-electron chi connectivity index (χ2n) is 6.51. The molecule has 3 aromatic rings. The van der Waals surface area contributed by atoms with Crippen molar-refractivity contribution in [1.29, 1.82) is 5.41 Å². The zero-order valence-electron chi connectivity index (χ0n) is 15.9. The van der Waals surface area contributed by atoms with E-state index in [4.69, 9.17) is 33.1 Å². The van der Waals surface area contributed by atoms with E-state index in [9.17, 15) is 9.59 Å². The van der Waals surface area contributed by atoms with Crippen molar-refractivity contribution >= 4 is 40.1 Å². The third-order valence-corrected chi connectivity index (χ3v) is 4.31. The largest absolute Gasteiger partial charge is 0.423 e. The number of aliphatic imine (C=N–C) groups is 1. The smallest absolute Gasteiger partial charge is 0.343 e. The Morgan fingerprint density at radius 1 is 0.900 bits per heavy atom. The summed E-state index contributed by atoms with van der Waals surface area (Å²) in [6, 6.07) is 14.6. The molecule has 0 saturated carbocycles. The first kappa shape index (κ1) is 20.3. The minimum Gasteiger partial charge on any atom is -0.423 e. The topological polar surface area (TPSA) is 184 Å². The molecule has 3 rings (SSSR count). The number of hydrogen-bond acceptors (Lipinski definition) is 5. The molecule has 9 nitrogen and oxygen atoms in total. The Balaban J connectivity index is 1.97. The van der Waals surface area contributed by atoms with E-state index in [0.717, 1.165) is 5.39 Å². The van der Waals surface area contributed by atoms with Gasteiger partial charge in [-0.15, -0.1) is 0 Å². The predicted molar refractivity (Wildman–Crippen MR) is 115 cm³/mol. The summed E-state index contributed by atoms with van der Waals surface area (Å²) in [6.45, 7) is 0. The van der Waals surface area contributed by atoms with Crippen molar-refractivity contribution in [2.75, 3.05) is 0 Å². The summed E-state index contributed by atoms with van der Waals surface area (Å²) in [4.78, 5) is 28.1. The molecule has 0 atom stereocenters. The third-order valence-electron chi connectivity index (χ3n) is 4.31. The molecule has 3 aromatic carbocycles. The molecule has 1 amide bonds. The number of fused-ring (bicyclic) bond motifs is 1. The van der Waals surface area contributed by atoms with Crippen molar-refractivity contribution in [3.05, 3.63) is 71.3 Å². The van der Waals surface area contributed by atoms with E-state index in [1.807, 2.05) is 0 Å². The molecule has 0 heterocycles. The van der Waals surface area contributed by atoms with Gasteiger partial charge in [0.1, 0.15) is 11.6 Å². The molecule has 0 bridgehead atoms. The summed E-state index contributed by atoms with van der Waals surface area (Å²) < 4.78 is 5.54. The first-order valence-electron chi connectivity index (χ1n) is 8.85. The third kappa shape index (κ3) is 4.53. The van der Waals surface area contributed by atoms with Gasteiger partial charge in [0.2, 0.25) is 5.91 Å². The van der Waals surface area contributed by atoms with Gasteiger partial charge in [-0.1, -0.05) is 18.2 Å². The van der Waals surface area contributed by atoms with Crippen LogP contribution in [-0.2, 0) is 11.2 Å². The molecule has 0 saturated heterocycles. The SMILES string of the molecule is N=C(N)c1ccc2c(CC(N)=O)c(OC(=O)c3ccc(N=C(N)N)cc3)ccc2c1. The molecule has 0 spiro atoms. The number of amidine groups is 1. The minimum absolute atomic E-state index is 0.0759. The molecule has 0 aromatic heterocycles. The summed E-state index contributed by atoms with van der Waals surface area (Å²) in [5.74, 6) is -1.14. The predicted octanol–water partition coefficient (Wildman–Crippen LogP) is 1.28. The van der Waals surface area contributed by atoms with Gasteiger partial charge in [0.15, 0.2) is 5.96 Å². The lowest BCUT2D eigenvalue weighted by molar-refractivity contribution is -0.117. The Morgan fingerprint density at radius 2 is 1.57 bits per heavy atom. The molecule has 0 fully saturated rings. The van der Waals surface area contributed by atoms with Crippen LogP contribution >= 0.6 is 0 Å². The van der Waals surface area contributed by atoms with Gasteiger partial charge in [0.05, 0.1) is 17.7 Å². The Labute approximate surface area is 171 Å². The molecule has 9 N–H and O–H groups in total. The monoisotopic (exact) mass is 404 g/mol. The van der Waals surface area contributed by atoms with Crippen LogP contribution in [0, 0.1) is 5.41 Å². The Bertz CT molecular complexity index is 1180. The lowest BCUT2D eigenvalue weighted by Crippen LogP contribution is -2.21. The summed E-state index contributed by atoms with van der Waals surface area (Å²) in [6.07, 6.45) is -0.122. The number of carbonyl (C=O) groups excluding carboxylic acids is 2. The Morgan fingerprint density at radius 3 is 2.17 bits per heavy atom. The van der Waals surface area contributed by atoms with E-state index >= 15 is 0 Å². The zero-order valence-corrected chi connectivity index (χ0v) is 15.9. The van der Waals surface area contributed by atoms with Crippen LogP contribution in [0.1, 0.15) is 21.5 Å². The standard InChI is InChI=1S/C21H20N6O3/c22-18(28)10-16-15-7-3-13(19(23)24)9-12(15)4-8-17(16)30-20(29)11-1-5-14(6-2-11)27-21(25)26/h1-9H,10H2,(H2,22,28)(H3,23,24)(H4,25,26,27). The van der Waals surface area contributed by atoms with E-state index in [1.165, 1.54) is 12.1 Å². The summed E-state index contributed by atoms with van der Waals surface area (Å²) in [5, 5.41) is 8.98. The molecule has 0 unspecified atom stereocenters. The van der Waals surface area contributed by atoms with Crippen LogP contribution in [0.3, 0.4) is 0 Å². The zero-order chi connectivity index (χ0) is 21.8. The molecular formula is C21H20N6O3. The van der Waals surface area contributed by atoms with Gasteiger partial charge in [-0.2, -0.15) is 0 Å². The highest BCUT2D eigenvalue weighted by Gasteiger charge is 2.16. The van der Waals surface area contributed by atoms with Crippen molar-refractivity contribution < 1.29 is 14.3 Å². The number of benzene rings is 3. The summed E-state index contributed by atoms with van der Waals surface area (Å²) >= 11 is 0. The van der Waals surface area contributed by atoms with E-state index in [0.29, 0.717) is 22.2 Å². The normalized spacial score (nSPS) is 10.4. The molecule has 0 aliphatic carbocycles. The number of carbonyl (C=O) groups is 2. The van der Waals surface area contributed by atoms with Gasteiger partial charge in [-0.3, -0.25) is 10.2 Å². The van der Waals surface area contributed by atoms with Crippen LogP contribution < -0.4 is 27.7 Å². The maximum absolute atomic E-state index is 12.6. The second kappa shape index (κ2) is 8.31. The summed E-state index contributed by atoms with van der Waals surface area (Å²) in [5.41, 5.74) is 23.4. The van der Waals surface area contributed by atoms with Crippen LogP contribution in [0.2, 0.25) is 0 Å². The Hall–Kier alpha value is -4.40. The van der Waals surface area contributed by atoms with Crippen LogP contribution in [0.25, 0.3) is 10.8 Å². The number of rotatable bonds is 6. The fraction of sp³-hybridized carbons (Fsp3) is 0.0476. The maximum atomic E-state index is 12.6. The Kier molecular flexibility index (Phi) is 5.63. The molecule has 0 aliphatic rings. The van der Waals surface area contributed by atoms with Gasteiger partial charge < -0.3 is 27.7 Å². The number of esters is 1. The molecule has 0 radical (unpaired) electrons. The number of guanidine groups is 1. The van der Waals surface area contributed by atoms with Crippen LogP contribution in [0.4, 0.5) is 5.69 Å². The molecule has 152 valence electrons. The fourth-order valence-electron chi connectivity index (χ4n) is 2.97. The molecular weight excluding hydrogens is 384 g/mol. The van der Waals surface area contributed by atoms with Crippen LogP contribution in [0.15, 0.2) is 59.6 Å². The van der Waals surface area contributed by atoms with Crippen molar-refractivity contribution in [2.24, 2.45) is 27.9 Å². The molecule has 0 aliphatic heterocycles. The number of nitrogens with one attached hydrogen (secondary N) is 1. The highest BCUT2D eigenvalue weighted by molar-refractivity contribution is 6.01. The van der Waals surface area contributed by atoms with Crippen molar-refractivity contribution in [2.45, 2.75) is 6.42 Å². The second-order valence-corrected chi connectivity index (χ2v) is 6.51. The lowest BCUT2D eigenvalue weighted by Gasteiger charge is -2.13. The van der Waals surface area contributed by atoms with Crippen molar-refractivity contribution in [3.8, 4) is 5.75 Å². The number of nitrogens with two attached hydrogens (primary N) is 4. The quantitative estimate of drug-likeness (QED) is 0.178. The van der Waals surface area contributed by atoms with Crippen molar-refractivity contribution in [1.82, 2.24) is 0 Å². The average molecular weight is 404 g/mol. The number of amides is 1. The van der Waals surface area contributed by atoms with Gasteiger partial charge in [0.25, 0.3) is 0 Å². The molecule has 9 heteroatoms. The summed E-state index contributed by atoms with van der Waals surface area (Å²) in [7, 11) is 0. The number of primary amides is 1. The fourth-order valence-corrected chi connectivity index (χ4v) is 2.97. The van der Waals surface area contributed by atoms with E-state index in [-0.39, 0.29) is 29.5 Å². The first-order valence-corrected chi connectivity index (χ1v) is 8.85. The van der Waals surface area contributed by atoms with Gasteiger partial charge in [0, 0.05) is 11.1 Å². The highest BCUT2D eigenvalue weighted by atomic mass is 16.5. The lowest BCUT2D eigenvalue weighted by atomic mass is 9.98.